The maximum atomic E-state index is 12.2. The van der Waals surface area contributed by atoms with Crippen molar-refractivity contribution >= 4 is 16.8 Å². The molecule has 0 saturated carbocycles. The van der Waals surface area contributed by atoms with Crippen LogP contribution in [-0.2, 0) is 4.79 Å². The molecule has 6 heteroatoms. The number of hydrogen-bond donors (Lipinski definition) is 0. The van der Waals surface area contributed by atoms with Crippen molar-refractivity contribution < 1.29 is 9.53 Å². The summed E-state index contributed by atoms with van der Waals surface area (Å²) in [4.78, 5) is 18.3. The van der Waals surface area contributed by atoms with Gasteiger partial charge in [0.1, 0.15) is 17.2 Å². The van der Waals surface area contributed by atoms with Gasteiger partial charge in [0.05, 0.1) is 11.6 Å². The van der Waals surface area contributed by atoms with Gasteiger partial charge in [-0.05, 0) is 61.4 Å². The molecule has 2 aromatic heterocycles. The maximum Gasteiger partial charge on any atom is 0.246 e. The van der Waals surface area contributed by atoms with E-state index < -0.39 is 0 Å². The Bertz CT molecular complexity index is 1250. The van der Waals surface area contributed by atoms with Crippen LogP contribution in [0.3, 0.4) is 0 Å². The summed E-state index contributed by atoms with van der Waals surface area (Å²) >= 11 is 0. The van der Waals surface area contributed by atoms with Crippen molar-refractivity contribution in [3.63, 3.8) is 0 Å². The Labute approximate surface area is 186 Å². The fraction of sp³-hybridized carbons (Fsp3) is 0.192. The molecule has 1 aliphatic rings. The molecule has 4 aromatic rings. The van der Waals surface area contributed by atoms with Gasteiger partial charge in [-0.2, -0.15) is 5.10 Å². The second-order valence-corrected chi connectivity index (χ2v) is 7.91. The van der Waals surface area contributed by atoms with Crippen molar-refractivity contribution in [2.75, 3.05) is 13.1 Å². The number of benzene rings is 2. The van der Waals surface area contributed by atoms with Crippen molar-refractivity contribution in [1.29, 1.82) is 0 Å². The van der Waals surface area contributed by atoms with Gasteiger partial charge < -0.3 is 9.64 Å². The van der Waals surface area contributed by atoms with Gasteiger partial charge in [-0.3, -0.25) is 14.5 Å². The third-order valence-electron chi connectivity index (χ3n) is 5.84. The molecule has 3 heterocycles. The second kappa shape index (κ2) is 8.67. The van der Waals surface area contributed by atoms with Gasteiger partial charge in [-0.25, -0.2) is 0 Å². The molecule has 32 heavy (non-hydrogen) atoms. The minimum atomic E-state index is -0.0259. The van der Waals surface area contributed by atoms with Crippen LogP contribution >= 0.6 is 0 Å². The van der Waals surface area contributed by atoms with E-state index in [0.717, 1.165) is 53.0 Å². The van der Waals surface area contributed by atoms with E-state index >= 15 is 0 Å². The van der Waals surface area contributed by atoms with Crippen LogP contribution in [0, 0.1) is 0 Å². The Hall–Kier alpha value is -3.93. The zero-order valence-electron chi connectivity index (χ0n) is 17.7. The van der Waals surface area contributed by atoms with E-state index in [1.54, 1.807) is 6.20 Å². The van der Waals surface area contributed by atoms with Gasteiger partial charge in [-0.15, -0.1) is 0 Å². The van der Waals surface area contributed by atoms with E-state index in [-0.39, 0.29) is 11.9 Å². The largest absolute Gasteiger partial charge is 0.457 e. The number of rotatable bonds is 5. The molecule has 1 aliphatic heterocycles. The van der Waals surface area contributed by atoms with E-state index in [9.17, 15) is 4.79 Å². The van der Waals surface area contributed by atoms with Crippen molar-refractivity contribution in [3.8, 4) is 22.8 Å². The first-order chi connectivity index (χ1) is 15.7. The molecule has 5 rings (SSSR count). The van der Waals surface area contributed by atoms with Gasteiger partial charge in [0.2, 0.25) is 5.91 Å². The minimum absolute atomic E-state index is 0.0259. The van der Waals surface area contributed by atoms with Gasteiger partial charge in [0, 0.05) is 36.4 Å². The van der Waals surface area contributed by atoms with Crippen molar-refractivity contribution in [2.24, 2.45) is 0 Å². The molecular weight excluding hydrogens is 400 g/mol. The highest BCUT2D eigenvalue weighted by Gasteiger charge is 2.26. The topological polar surface area (TPSA) is 60.2 Å². The third-order valence-corrected chi connectivity index (χ3v) is 5.84. The van der Waals surface area contributed by atoms with E-state index in [1.165, 1.54) is 6.08 Å². The number of likely N-dealkylation sites (tertiary alicyclic amines) is 1. The van der Waals surface area contributed by atoms with E-state index in [1.807, 2.05) is 71.8 Å². The van der Waals surface area contributed by atoms with Gasteiger partial charge >= 0.3 is 0 Å². The van der Waals surface area contributed by atoms with Crippen LogP contribution in [0.25, 0.3) is 22.2 Å². The van der Waals surface area contributed by atoms with E-state index in [2.05, 4.69) is 16.2 Å². The molecule has 1 amide bonds. The highest BCUT2D eigenvalue weighted by Crippen LogP contribution is 2.33. The first-order valence-corrected chi connectivity index (χ1v) is 10.8. The van der Waals surface area contributed by atoms with Gasteiger partial charge in [0.15, 0.2) is 0 Å². The number of hydrogen-bond acceptors (Lipinski definition) is 4. The summed E-state index contributed by atoms with van der Waals surface area (Å²) < 4.78 is 7.98. The summed E-state index contributed by atoms with van der Waals surface area (Å²) in [6, 6.07) is 19.8. The monoisotopic (exact) mass is 424 g/mol. The third kappa shape index (κ3) is 3.87. The fourth-order valence-electron chi connectivity index (χ4n) is 4.27. The van der Waals surface area contributed by atoms with Crippen molar-refractivity contribution in [2.45, 2.75) is 18.9 Å². The molecular formula is C26H24N4O2. The number of carbonyl (C=O) groups excluding carboxylic acids is 1. The lowest BCUT2D eigenvalue weighted by atomic mass is 10.1. The number of piperidine rings is 1. The van der Waals surface area contributed by atoms with Crippen molar-refractivity contribution in [3.05, 3.63) is 85.7 Å². The molecule has 0 N–H and O–H groups in total. The standard InChI is InChI=1S/C26H24N4O2/c1-2-25(31)29-16-6-7-20(18-29)30-24-14-15-27-17-23(24)26(28-30)19-10-12-22(13-11-19)32-21-8-4-3-5-9-21/h2-5,8-15,17,20H,1,6-7,16,18H2/t20-/m0/s1. The highest BCUT2D eigenvalue weighted by molar-refractivity contribution is 5.93. The smallest absolute Gasteiger partial charge is 0.246 e. The molecule has 0 spiro atoms. The first kappa shape index (κ1) is 20.0. The zero-order chi connectivity index (χ0) is 21.9. The lowest BCUT2D eigenvalue weighted by molar-refractivity contribution is -0.127. The Kier molecular flexibility index (Phi) is 5.42. The SMILES string of the molecule is C=CC(=O)N1CCC[C@H](n2nc(-c3ccc(Oc4ccccc4)cc3)c3cnccc32)C1. The number of aromatic nitrogens is 3. The molecule has 6 nitrogen and oxygen atoms in total. The lowest BCUT2D eigenvalue weighted by Gasteiger charge is -2.32. The molecule has 0 bridgehead atoms. The second-order valence-electron chi connectivity index (χ2n) is 7.91. The Morgan fingerprint density at radius 1 is 1.06 bits per heavy atom. The molecule has 2 aromatic carbocycles. The number of nitrogens with zero attached hydrogens (tertiary/aromatic N) is 4. The summed E-state index contributed by atoms with van der Waals surface area (Å²) in [5.41, 5.74) is 2.90. The average molecular weight is 425 g/mol. The summed E-state index contributed by atoms with van der Waals surface area (Å²) in [6.45, 7) is 5.02. The quantitative estimate of drug-likeness (QED) is 0.411. The number of ether oxygens (including phenoxy) is 1. The van der Waals surface area contributed by atoms with Crippen LogP contribution < -0.4 is 4.74 Å². The molecule has 0 aliphatic carbocycles. The average Bonchev–Trinajstić information content (AvgIpc) is 3.24. The minimum Gasteiger partial charge on any atom is -0.457 e. The Morgan fingerprint density at radius 2 is 1.84 bits per heavy atom. The maximum absolute atomic E-state index is 12.2. The van der Waals surface area contributed by atoms with Crippen LogP contribution in [0.2, 0.25) is 0 Å². The predicted octanol–water partition coefficient (Wildman–Crippen LogP) is 5.24. The molecule has 160 valence electrons. The number of pyridine rings is 1. The van der Waals surface area contributed by atoms with Crippen molar-refractivity contribution in [1.82, 2.24) is 19.7 Å². The zero-order valence-corrected chi connectivity index (χ0v) is 17.7. The number of fused-ring (bicyclic) bond motifs is 1. The van der Waals surface area contributed by atoms with Crippen LogP contribution in [0.15, 0.2) is 85.7 Å². The van der Waals surface area contributed by atoms with Crippen LogP contribution in [0.4, 0.5) is 0 Å². The summed E-state index contributed by atoms with van der Waals surface area (Å²) in [7, 11) is 0. The Morgan fingerprint density at radius 3 is 2.62 bits per heavy atom. The summed E-state index contributed by atoms with van der Waals surface area (Å²) in [6.07, 6.45) is 6.95. The van der Waals surface area contributed by atoms with Crippen LogP contribution in [0.1, 0.15) is 18.9 Å². The summed E-state index contributed by atoms with van der Waals surface area (Å²) in [5.74, 6) is 1.55. The molecule has 1 atom stereocenters. The van der Waals surface area contributed by atoms with E-state index in [4.69, 9.17) is 9.84 Å². The van der Waals surface area contributed by atoms with Gasteiger partial charge in [-0.1, -0.05) is 24.8 Å². The lowest BCUT2D eigenvalue weighted by Crippen LogP contribution is -2.40. The van der Waals surface area contributed by atoms with Crippen LogP contribution in [0.5, 0.6) is 11.5 Å². The van der Waals surface area contributed by atoms with E-state index in [0.29, 0.717) is 6.54 Å². The molecule has 1 fully saturated rings. The fourth-order valence-corrected chi connectivity index (χ4v) is 4.27. The Balaban J connectivity index is 1.46. The molecule has 1 saturated heterocycles. The number of amides is 1. The predicted molar refractivity (Wildman–Crippen MR) is 125 cm³/mol. The normalized spacial score (nSPS) is 16.1. The molecule has 0 unspecified atom stereocenters. The first-order valence-electron chi connectivity index (χ1n) is 10.8. The number of carbonyl (C=O) groups is 1. The summed E-state index contributed by atoms with van der Waals surface area (Å²) in [5, 5.41) is 5.99. The van der Waals surface area contributed by atoms with Gasteiger partial charge in [0.25, 0.3) is 0 Å². The highest BCUT2D eigenvalue weighted by atomic mass is 16.5. The van der Waals surface area contributed by atoms with Crippen LogP contribution in [-0.4, -0.2) is 38.7 Å². The molecule has 0 radical (unpaired) electrons. The number of para-hydroxylation sites is 1.